The van der Waals surface area contributed by atoms with Crippen LogP contribution in [-0.2, 0) is 9.84 Å². The molecule has 1 aromatic rings. The number of aliphatic hydroxyl groups is 1. The third-order valence-corrected chi connectivity index (χ3v) is 4.09. The molecule has 1 rings (SSSR count). The zero-order chi connectivity index (χ0) is 14.3. The summed E-state index contributed by atoms with van der Waals surface area (Å²) in [7, 11) is -3.27. The van der Waals surface area contributed by atoms with Gasteiger partial charge in [0.25, 0.3) is 0 Å². The molecule has 0 aliphatic heterocycles. The van der Waals surface area contributed by atoms with Gasteiger partial charge in [-0.25, -0.2) is 8.42 Å². The van der Waals surface area contributed by atoms with Crippen molar-refractivity contribution < 1.29 is 18.3 Å². The molecule has 0 spiro atoms. The first-order chi connectivity index (χ1) is 8.93. The quantitative estimate of drug-likeness (QED) is 0.774. The van der Waals surface area contributed by atoms with Gasteiger partial charge in [-0.1, -0.05) is 29.8 Å². The Bertz CT molecular complexity index is 503. The van der Waals surface area contributed by atoms with Gasteiger partial charge in [-0.3, -0.25) is 0 Å². The van der Waals surface area contributed by atoms with E-state index in [0.717, 1.165) is 5.56 Å². The smallest absolute Gasteiger partial charge is 0.156 e. The van der Waals surface area contributed by atoms with Gasteiger partial charge in [0.05, 0.1) is 11.5 Å². The molecule has 1 N–H and O–H groups in total. The summed E-state index contributed by atoms with van der Waals surface area (Å²) >= 11 is 0. The summed E-state index contributed by atoms with van der Waals surface area (Å²) in [5.41, 5.74) is 1.11. The highest BCUT2D eigenvalue weighted by atomic mass is 32.2. The van der Waals surface area contributed by atoms with E-state index >= 15 is 0 Å². The van der Waals surface area contributed by atoms with Gasteiger partial charge in [-0.2, -0.15) is 0 Å². The predicted octanol–water partition coefficient (Wildman–Crippen LogP) is 1.73. The summed E-state index contributed by atoms with van der Waals surface area (Å²) in [6, 6.07) is 7.36. The fourth-order valence-corrected chi connectivity index (χ4v) is 2.78. The maximum absolute atomic E-state index is 11.6. The topological polar surface area (TPSA) is 63.6 Å². The molecular formula is C14H20O4S. The van der Waals surface area contributed by atoms with Gasteiger partial charge in [0, 0.05) is 0 Å². The second-order valence-electron chi connectivity index (χ2n) is 4.42. The van der Waals surface area contributed by atoms with E-state index in [9.17, 15) is 13.5 Å². The average molecular weight is 284 g/mol. The van der Waals surface area contributed by atoms with E-state index in [1.165, 1.54) is 0 Å². The van der Waals surface area contributed by atoms with Crippen molar-refractivity contribution in [1.82, 2.24) is 0 Å². The molecule has 0 aromatic heterocycles. The van der Waals surface area contributed by atoms with Gasteiger partial charge in [0.2, 0.25) is 0 Å². The fourth-order valence-electron chi connectivity index (χ4n) is 1.48. The highest BCUT2D eigenvalue weighted by Crippen LogP contribution is 2.11. The molecule has 5 heteroatoms. The van der Waals surface area contributed by atoms with Gasteiger partial charge in [-0.05, 0) is 26.0 Å². The van der Waals surface area contributed by atoms with Crippen LogP contribution in [0.3, 0.4) is 0 Å². The Kier molecular flexibility index (Phi) is 6.05. The summed E-state index contributed by atoms with van der Waals surface area (Å²) in [5.74, 6) is 0.282. The van der Waals surface area contributed by atoms with Gasteiger partial charge >= 0.3 is 0 Å². The van der Waals surface area contributed by atoms with E-state index in [2.05, 4.69) is 0 Å². The molecule has 0 saturated carbocycles. The Hall–Kier alpha value is -1.33. The normalized spacial score (nSPS) is 13.6. The van der Waals surface area contributed by atoms with Crippen LogP contribution in [0.2, 0.25) is 0 Å². The number of benzene rings is 1. The standard InChI is InChI=1S/C14H20O4S/c1-3-4-9-19(16,17)11-13(15)10-18-14-7-5-12(2)6-8-14/h3-8,13,15H,9-11H2,1-2H3. The second-order valence-corrected chi connectivity index (χ2v) is 6.58. The van der Waals surface area contributed by atoms with Gasteiger partial charge in [0.1, 0.15) is 18.5 Å². The van der Waals surface area contributed by atoms with E-state index in [1.54, 1.807) is 31.2 Å². The molecule has 0 bridgehead atoms. The van der Waals surface area contributed by atoms with Crippen LogP contribution >= 0.6 is 0 Å². The second kappa shape index (κ2) is 7.31. The van der Waals surface area contributed by atoms with Crippen LogP contribution < -0.4 is 4.74 Å². The lowest BCUT2D eigenvalue weighted by Gasteiger charge is -2.12. The van der Waals surface area contributed by atoms with Crippen molar-refractivity contribution in [3.05, 3.63) is 42.0 Å². The van der Waals surface area contributed by atoms with Crippen molar-refractivity contribution >= 4 is 9.84 Å². The zero-order valence-corrected chi connectivity index (χ0v) is 12.1. The van der Waals surface area contributed by atoms with Crippen molar-refractivity contribution in [2.24, 2.45) is 0 Å². The molecule has 0 aliphatic rings. The molecule has 0 fully saturated rings. The van der Waals surface area contributed by atoms with Gasteiger partial charge in [0.15, 0.2) is 9.84 Å². The van der Waals surface area contributed by atoms with Crippen LogP contribution in [0.1, 0.15) is 12.5 Å². The Morgan fingerprint density at radius 3 is 2.53 bits per heavy atom. The molecule has 106 valence electrons. The molecule has 1 unspecified atom stereocenters. The van der Waals surface area contributed by atoms with E-state index in [0.29, 0.717) is 5.75 Å². The summed E-state index contributed by atoms with van der Waals surface area (Å²) < 4.78 is 28.5. The Morgan fingerprint density at radius 2 is 1.95 bits per heavy atom. The van der Waals surface area contributed by atoms with Crippen LogP contribution in [0, 0.1) is 6.92 Å². The Labute approximate surface area is 114 Å². The van der Waals surface area contributed by atoms with Crippen molar-refractivity contribution in [2.75, 3.05) is 18.1 Å². The van der Waals surface area contributed by atoms with Crippen LogP contribution in [0.15, 0.2) is 36.4 Å². The maximum Gasteiger partial charge on any atom is 0.156 e. The largest absolute Gasteiger partial charge is 0.491 e. The predicted molar refractivity (Wildman–Crippen MR) is 76.1 cm³/mol. The summed E-state index contributed by atoms with van der Waals surface area (Å²) in [5, 5.41) is 9.67. The van der Waals surface area contributed by atoms with Crippen LogP contribution in [0.25, 0.3) is 0 Å². The molecule has 4 nitrogen and oxygen atoms in total. The minimum Gasteiger partial charge on any atom is -0.491 e. The minimum atomic E-state index is -3.27. The molecular weight excluding hydrogens is 264 g/mol. The van der Waals surface area contributed by atoms with Crippen LogP contribution in [0.4, 0.5) is 0 Å². The average Bonchev–Trinajstić information content (AvgIpc) is 2.35. The number of aliphatic hydroxyl groups excluding tert-OH is 1. The lowest BCUT2D eigenvalue weighted by molar-refractivity contribution is 0.125. The molecule has 0 saturated heterocycles. The molecule has 19 heavy (non-hydrogen) atoms. The molecule has 0 heterocycles. The number of hydrogen-bond acceptors (Lipinski definition) is 4. The van der Waals surface area contributed by atoms with Crippen molar-refractivity contribution in [3.63, 3.8) is 0 Å². The molecule has 1 aromatic carbocycles. The lowest BCUT2D eigenvalue weighted by Crippen LogP contribution is -2.28. The first-order valence-electron chi connectivity index (χ1n) is 6.12. The highest BCUT2D eigenvalue weighted by molar-refractivity contribution is 7.91. The van der Waals surface area contributed by atoms with Crippen molar-refractivity contribution in [2.45, 2.75) is 20.0 Å². The molecule has 0 aliphatic carbocycles. The number of sulfone groups is 1. The molecule has 0 radical (unpaired) electrons. The van der Waals surface area contributed by atoms with E-state index in [1.807, 2.05) is 19.1 Å². The third-order valence-electron chi connectivity index (χ3n) is 2.50. The minimum absolute atomic E-state index is 0.0296. The number of ether oxygens (including phenoxy) is 1. The number of hydrogen-bond donors (Lipinski definition) is 1. The van der Waals surface area contributed by atoms with E-state index in [-0.39, 0.29) is 18.1 Å². The van der Waals surface area contributed by atoms with E-state index in [4.69, 9.17) is 4.74 Å². The molecule has 0 amide bonds. The van der Waals surface area contributed by atoms with Crippen LogP contribution in [0.5, 0.6) is 5.75 Å². The van der Waals surface area contributed by atoms with Gasteiger partial charge in [-0.15, -0.1) is 0 Å². The highest BCUT2D eigenvalue weighted by Gasteiger charge is 2.16. The third kappa shape index (κ3) is 6.40. The number of aryl methyl sites for hydroxylation is 1. The van der Waals surface area contributed by atoms with Gasteiger partial charge < -0.3 is 9.84 Å². The molecule has 1 atom stereocenters. The Morgan fingerprint density at radius 1 is 1.32 bits per heavy atom. The summed E-state index contributed by atoms with van der Waals surface area (Å²) in [4.78, 5) is 0. The van der Waals surface area contributed by atoms with E-state index < -0.39 is 15.9 Å². The summed E-state index contributed by atoms with van der Waals surface area (Å²) in [6.45, 7) is 3.69. The SMILES string of the molecule is CC=CCS(=O)(=O)CC(O)COc1ccc(C)cc1. The lowest BCUT2D eigenvalue weighted by atomic mass is 10.2. The monoisotopic (exact) mass is 284 g/mol. The number of rotatable bonds is 7. The van der Waals surface area contributed by atoms with Crippen molar-refractivity contribution in [3.8, 4) is 5.75 Å². The Balaban J connectivity index is 2.43. The first-order valence-corrected chi connectivity index (χ1v) is 7.94. The van der Waals surface area contributed by atoms with Crippen molar-refractivity contribution in [1.29, 1.82) is 0 Å². The van der Waals surface area contributed by atoms with Crippen LogP contribution in [-0.4, -0.2) is 37.7 Å². The first kappa shape index (κ1) is 15.7. The summed E-state index contributed by atoms with van der Waals surface area (Å²) in [6.07, 6.45) is 2.21. The zero-order valence-electron chi connectivity index (χ0n) is 11.2. The number of allylic oxidation sites excluding steroid dienone is 1. The fraction of sp³-hybridized carbons (Fsp3) is 0.429. The maximum atomic E-state index is 11.6.